The van der Waals surface area contributed by atoms with Crippen LogP contribution in [0.1, 0.15) is 29.9 Å². The van der Waals surface area contributed by atoms with Crippen molar-refractivity contribution in [3.8, 4) is 0 Å². The molecule has 0 aliphatic heterocycles. The van der Waals surface area contributed by atoms with E-state index in [0.717, 1.165) is 19.4 Å². The molecule has 2 rings (SSSR count). The van der Waals surface area contributed by atoms with E-state index in [4.69, 9.17) is 4.74 Å². The molecule has 0 amide bonds. The van der Waals surface area contributed by atoms with E-state index in [2.05, 4.69) is 54.0 Å². The maximum atomic E-state index is 5.79. The van der Waals surface area contributed by atoms with Crippen molar-refractivity contribution in [3.05, 3.63) is 58.3 Å². The molecule has 0 radical (unpaired) electrons. The van der Waals surface area contributed by atoms with E-state index >= 15 is 0 Å². The van der Waals surface area contributed by atoms with E-state index in [-0.39, 0.29) is 6.10 Å². The molecule has 20 heavy (non-hydrogen) atoms. The Balaban J connectivity index is 2.14. The fourth-order valence-corrected chi connectivity index (χ4v) is 3.20. The molecule has 1 aromatic carbocycles. The van der Waals surface area contributed by atoms with Gasteiger partial charge in [-0.15, -0.1) is 11.3 Å². The molecule has 2 nitrogen and oxygen atoms in total. The molecule has 0 bridgehead atoms. The first-order valence-electron chi connectivity index (χ1n) is 7.18. The second-order valence-corrected chi connectivity index (χ2v) is 5.94. The van der Waals surface area contributed by atoms with Crippen LogP contribution in [0.15, 0.2) is 47.8 Å². The zero-order valence-corrected chi connectivity index (χ0v) is 13.0. The zero-order valence-electron chi connectivity index (χ0n) is 12.2. The highest BCUT2D eigenvalue weighted by molar-refractivity contribution is 7.09. The Morgan fingerprint density at radius 3 is 2.55 bits per heavy atom. The predicted molar refractivity (Wildman–Crippen MR) is 86.3 cm³/mol. The van der Waals surface area contributed by atoms with Gasteiger partial charge in [0.05, 0.1) is 6.10 Å². The summed E-state index contributed by atoms with van der Waals surface area (Å²) in [6.45, 7) is 3.21. The van der Waals surface area contributed by atoms with Gasteiger partial charge in [0, 0.05) is 18.0 Å². The minimum Gasteiger partial charge on any atom is -0.375 e. The second-order valence-electron chi connectivity index (χ2n) is 4.91. The van der Waals surface area contributed by atoms with Gasteiger partial charge in [0.1, 0.15) is 0 Å². The molecule has 0 fully saturated rings. The van der Waals surface area contributed by atoms with E-state index in [1.54, 1.807) is 7.11 Å². The first kappa shape index (κ1) is 15.2. The lowest BCUT2D eigenvalue weighted by Gasteiger charge is -2.27. The average molecular weight is 289 g/mol. The van der Waals surface area contributed by atoms with Crippen LogP contribution in [0.2, 0.25) is 0 Å². The molecule has 0 aliphatic rings. The van der Waals surface area contributed by atoms with Gasteiger partial charge in [-0.05, 0) is 36.4 Å². The van der Waals surface area contributed by atoms with Crippen LogP contribution in [-0.4, -0.2) is 19.7 Å². The van der Waals surface area contributed by atoms with Crippen LogP contribution in [0.3, 0.4) is 0 Å². The van der Waals surface area contributed by atoms with Crippen LogP contribution in [0.4, 0.5) is 0 Å². The molecule has 0 spiro atoms. The Bertz CT molecular complexity index is 469. The van der Waals surface area contributed by atoms with E-state index in [1.165, 1.54) is 10.4 Å². The number of hydrogen-bond acceptors (Lipinski definition) is 3. The van der Waals surface area contributed by atoms with Gasteiger partial charge in [0.15, 0.2) is 0 Å². The Morgan fingerprint density at radius 2 is 1.95 bits per heavy atom. The van der Waals surface area contributed by atoms with Crippen molar-refractivity contribution in [1.29, 1.82) is 0 Å². The molecule has 2 unspecified atom stereocenters. The molecular weight excluding hydrogens is 266 g/mol. The van der Waals surface area contributed by atoms with Crippen LogP contribution in [0, 0.1) is 0 Å². The summed E-state index contributed by atoms with van der Waals surface area (Å²) in [5.74, 6) is 0. The average Bonchev–Trinajstić information content (AvgIpc) is 2.99. The molecule has 0 saturated heterocycles. The standard InChI is InChI=1S/C17H23NOS/c1-3-11-18-16(13-15-10-7-12-20-15)17(19-2)14-8-5-4-6-9-14/h4-10,12,16-18H,3,11,13H2,1-2H3. The van der Waals surface area contributed by atoms with Gasteiger partial charge < -0.3 is 10.1 Å². The quantitative estimate of drug-likeness (QED) is 0.791. The molecule has 0 aliphatic carbocycles. The van der Waals surface area contributed by atoms with Crippen LogP contribution >= 0.6 is 11.3 Å². The van der Waals surface area contributed by atoms with Crippen molar-refractivity contribution < 1.29 is 4.74 Å². The minimum absolute atomic E-state index is 0.0878. The summed E-state index contributed by atoms with van der Waals surface area (Å²) >= 11 is 1.81. The van der Waals surface area contributed by atoms with Crippen molar-refractivity contribution in [3.63, 3.8) is 0 Å². The third-order valence-electron chi connectivity index (χ3n) is 3.41. The summed E-state index contributed by atoms with van der Waals surface area (Å²) in [7, 11) is 1.80. The van der Waals surface area contributed by atoms with Gasteiger partial charge in [-0.2, -0.15) is 0 Å². The number of benzene rings is 1. The van der Waals surface area contributed by atoms with Crippen LogP contribution in [0.25, 0.3) is 0 Å². The van der Waals surface area contributed by atoms with Crippen molar-refractivity contribution in [2.24, 2.45) is 0 Å². The highest BCUT2D eigenvalue weighted by Gasteiger charge is 2.22. The highest BCUT2D eigenvalue weighted by Crippen LogP contribution is 2.24. The van der Waals surface area contributed by atoms with Gasteiger partial charge in [-0.1, -0.05) is 43.3 Å². The number of methoxy groups -OCH3 is 1. The maximum absolute atomic E-state index is 5.79. The molecule has 2 aromatic rings. The van der Waals surface area contributed by atoms with E-state index in [1.807, 2.05) is 17.4 Å². The van der Waals surface area contributed by atoms with Gasteiger partial charge in [0.25, 0.3) is 0 Å². The van der Waals surface area contributed by atoms with Gasteiger partial charge in [-0.3, -0.25) is 0 Å². The van der Waals surface area contributed by atoms with E-state index in [0.29, 0.717) is 6.04 Å². The van der Waals surface area contributed by atoms with Gasteiger partial charge in [0.2, 0.25) is 0 Å². The molecule has 3 heteroatoms. The maximum Gasteiger partial charge on any atom is 0.0977 e. The number of hydrogen-bond donors (Lipinski definition) is 1. The van der Waals surface area contributed by atoms with Gasteiger partial charge >= 0.3 is 0 Å². The Labute approximate surface area is 125 Å². The second kappa shape index (κ2) is 8.20. The first-order valence-corrected chi connectivity index (χ1v) is 8.06. The lowest BCUT2D eigenvalue weighted by molar-refractivity contribution is 0.0681. The third-order valence-corrected chi connectivity index (χ3v) is 4.30. The molecule has 108 valence electrons. The number of nitrogens with one attached hydrogen (secondary N) is 1. The van der Waals surface area contributed by atoms with E-state index in [9.17, 15) is 0 Å². The van der Waals surface area contributed by atoms with Crippen molar-refractivity contribution in [2.45, 2.75) is 31.9 Å². The summed E-state index contributed by atoms with van der Waals surface area (Å²) in [4.78, 5) is 1.40. The van der Waals surface area contributed by atoms with Crippen LogP contribution in [0.5, 0.6) is 0 Å². The molecule has 1 heterocycles. The van der Waals surface area contributed by atoms with Crippen LogP contribution in [-0.2, 0) is 11.2 Å². The number of thiophene rings is 1. The summed E-state index contributed by atoms with van der Waals surface area (Å²) in [5, 5.41) is 5.77. The van der Waals surface area contributed by atoms with Crippen LogP contribution < -0.4 is 5.32 Å². The Kier molecular flexibility index (Phi) is 6.25. The molecular formula is C17H23NOS. The lowest BCUT2D eigenvalue weighted by atomic mass is 9.98. The molecule has 1 aromatic heterocycles. The fourth-order valence-electron chi connectivity index (χ4n) is 2.44. The predicted octanol–water partition coefficient (Wildman–Crippen LogP) is 4.05. The summed E-state index contributed by atoms with van der Waals surface area (Å²) < 4.78 is 5.79. The topological polar surface area (TPSA) is 21.3 Å². The van der Waals surface area contributed by atoms with Crippen molar-refractivity contribution in [2.75, 3.05) is 13.7 Å². The SMILES string of the molecule is CCCNC(Cc1cccs1)C(OC)c1ccccc1. The van der Waals surface area contributed by atoms with Crippen molar-refractivity contribution >= 4 is 11.3 Å². The monoisotopic (exact) mass is 289 g/mol. The Hall–Kier alpha value is -1.16. The molecule has 1 N–H and O–H groups in total. The lowest BCUT2D eigenvalue weighted by Crippen LogP contribution is -2.38. The minimum atomic E-state index is 0.0878. The summed E-state index contributed by atoms with van der Waals surface area (Å²) in [5.41, 5.74) is 1.24. The molecule has 2 atom stereocenters. The van der Waals surface area contributed by atoms with Gasteiger partial charge in [-0.25, -0.2) is 0 Å². The Morgan fingerprint density at radius 1 is 1.15 bits per heavy atom. The molecule has 0 saturated carbocycles. The highest BCUT2D eigenvalue weighted by atomic mass is 32.1. The number of ether oxygens (including phenoxy) is 1. The summed E-state index contributed by atoms with van der Waals surface area (Å²) in [6, 6.07) is 15.1. The van der Waals surface area contributed by atoms with Crippen molar-refractivity contribution in [1.82, 2.24) is 5.32 Å². The zero-order chi connectivity index (χ0) is 14.2. The largest absolute Gasteiger partial charge is 0.375 e. The first-order chi connectivity index (χ1) is 9.85. The smallest absolute Gasteiger partial charge is 0.0977 e. The third kappa shape index (κ3) is 4.17. The van der Waals surface area contributed by atoms with E-state index < -0.39 is 0 Å². The summed E-state index contributed by atoms with van der Waals surface area (Å²) in [6.07, 6.45) is 2.22. The number of rotatable bonds is 8. The normalized spacial score (nSPS) is 14.1. The fraction of sp³-hybridized carbons (Fsp3) is 0.412.